The lowest BCUT2D eigenvalue weighted by atomic mass is 10.3. The lowest BCUT2D eigenvalue weighted by molar-refractivity contribution is 0.301. The van der Waals surface area contributed by atoms with E-state index in [1.54, 1.807) is 18.5 Å². The van der Waals surface area contributed by atoms with Crippen molar-refractivity contribution in [3.8, 4) is 5.75 Å². The molecule has 0 aliphatic carbocycles. The molecule has 0 amide bonds. The number of pyridine rings is 1. The molecule has 0 saturated carbocycles. The molecular weight excluding hydrogens is 431 g/mol. The van der Waals surface area contributed by atoms with Gasteiger partial charge in [-0.05, 0) is 44.0 Å². The number of ether oxygens (including phenoxy) is 1. The molecule has 9 heteroatoms. The first kappa shape index (κ1) is 16.3. The molecular formula is C12H9Br2FN2O3S. The van der Waals surface area contributed by atoms with Crippen LogP contribution < -0.4 is 9.88 Å². The smallest absolute Gasteiger partial charge is 0.241 e. The molecule has 0 fully saturated rings. The Hall–Kier alpha value is -1.03. The zero-order valence-corrected chi connectivity index (χ0v) is 14.4. The standard InChI is InChI=1S/C12H9Br2FN2O3S/c13-8-1-7(4-17-5-8)6-20-11-3-10(15)12(2-9(11)14)21(16,18)19/h1-5H,6H2,(H2,16,18,19). The molecule has 1 heterocycles. The van der Waals surface area contributed by atoms with Crippen LogP contribution in [-0.4, -0.2) is 13.4 Å². The normalized spacial score (nSPS) is 11.4. The fourth-order valence-corrected chi connectivity index (χ4v) is 3.17. The highest BCUT2D eigenvalue weighted by atomic mass is 79.9. The average molecular weight is 440 g/mol. The van der Waals surface area contributed by atoms with Gasteiger partial charge in [-0.2, -0.15) is 0 Å². The van der Waals surface area contributed by atoms with Gasteiger partial charge in [-0.3, -0.25) is 4.98 Å². The Balaban J connectivity index is 2.24. The molecule has 0 radical (unpaired) electrons. The quantitative estimate of drug-likeness (QED) is 0.793. The summed E-state index contributed by atoms with van der Waals surface area (Å²) >= 11 is 6.40. The minimum atomic E-state index is -4.12. The third-order valence-corrected chi connectivity index (χ3v) is 4.43. The van der Waals surface area contributed by atoms with Gasteiger partial charge in [0.05, 0.1) is 4.47 Å². The van der Waals surface area contributed by atoms with Gasteiger partial charge in [0.15, 0.2) is 0 Å². The van der Waals surface area contributed by atoms with Crippen LogP contribution in [-0.2, 0) is 16.6 Å². The molecule has 0 unspecified atom stereocenters. The zero-order chi connectivity index (χ0) is 15.6. The molecule has 0 saturated heterocycles. The van der Waals surface area contributed by atoms with Crippen molar-refractivity contribution in [2.24, 2.45) is 5.14 Å². The van der Waals surface area contributed by atoms with E-state index in [2.05, 4.69) is 36.8 Å². The van der Waals surface area contributed by atoms with Crippen molar-refractivity contribution < 1.29 is 17.5 Å². The maximum Gasteiger partial charge on any atom is 0.241 e. The first-order valence-corrected chi connectivity index (χ1v) is 8.64. The maximum absolute atomic E-state index is 13.7. The molecule has 0 aliphatic rings. The third-order valence-electron chi connectivity index (χ3n) is 2.45. The van der Waals surface area contributed by atoms with Crippen LogP contribution in [0.4, 0.5) is 4.39 Å². The second-order valence-electron chi connectivity index (χ2n) is 4.06. The summed E-state index contributed by atoms with van der Waals surface area (Å²) in [6, 6.07) is 3.84. The Labute approximate surface area is 137 Å². The zero-order valence-electron chi connectivity index (χ0n) is 10.4. The first-order chi connectivity index (χ1) is 9.77. The molecule has 0 atom stereocenters. The van der Waals surface area contributed by atoms with Gasteiger partial charge in [0, 0.05) is 28.5 Å². The molecule has 0 spiro atoms. The van der Waals surface area contributed by atoms with Gasteiger partial charge in [-0.1, -0.05) is 0 Å². The molecule has 0 aliphatic heterocycles. The second kappa shape index (κ2) is 6.39. The molecule has 1 aromatic heterocycles. The van der Waals surface area contributed by atoms with E-state index in [1.165, 1.54) is 0 Å². The van der Waals surface area contributed by atoms with Crippen molar-refractivity contribution in [1.82, 2.24) is 4.98 Å². The van der Waals surface area contributed by atoms with Crippen molar-refractivity contribution in [1.29, 1.82) is 0 Å². The summed E-state index contributed by atoms with van der Waals surface area (Å²) in [6.45, 7) is 0.152. The number of sulfonamides is 1. The maximum atomic E-state index is 13.7. The molecule has 21 heavy (non-hydrogen) atoms. The Kier molecular flexibility index (Phi) is 4.97. The predicted octanol–water partition coefficient (Wildman–Crippen LogP) is 2.97. The monoisotopic (exact) mass is 438 g/mol. The van der Waals surface area contributed by atoms with E-state index < -0.39 is 20.7 Å². The molecule has 2 aromatic rings. The largest absolute Gasteiger partial charge is 0.488 e. The van der Waals surface area contributed by atoms with Crippen LogP contribution in [0.5, 0.6) is 5.75 Å². The number of nitrogens with zero attached hydrogens (tertiary/aromatic N) is 1. The highest BCUT2D eigenvalue weighted by molar-refractivity contribution is 9.10. The molecule has 1 aromatic carbocycles. The van der Waals surface area contributed by atoms with Crippen LogP contribution in [0, 0.1) is 5.82 Å². The Morgan fingerprint density at radius 3 is 2.57 bits per heavy atom. The molecule has 0 bridgehead atoms. The van der Waals surface area contributed by atoms with Crippen molar-refractivity contribution in [3.63, 3.8) is 0 Å². The van der Waals surface area contributed by atoms with Crippen LogP contribution >= 0.6 is 31.9 Å². The summed E-state index contributed by atoms with van der Waals surface area (Å²) < 4.78 is 42.7. The van der Waals surface area contributed by atoms with Crippen molar-refractivity contribution >= 4 is 41.9 Å². The average Bonchev–Trinajstić information content (AvgIpc) is 2.38. The number of aromatic nitrogens is 1. The number of rotatable bonds is 4. The van der Waals surface area contributed by atoms with E-state index in [0.717, 1.165) is 22.2 Å². The Bertz CT molecular complexity index is 784. The number of nitrogens with two attached hydrogens (primary N) is 1. The van der Waals surface area contributed by atoms with Crippen molar-refractivity contribution in [2.45, 2.75) is 11.5 Å². The predicted molar refractivity (Wildman–Crippen MR) is 81.7 cm³/mol. The fraction of sp³-hybridized carbons (Fsp3) is 0.0833. The molecule has 2 rings (SSSR count). The lowest BCUT2D eigenvalue weighted by Gasteiger charge is -2.10. The minimum absolute atomic E-state index is 0.152. The number of hydrogen-bond donors (Lipinski definition) is 1. The van der Waals surface area contributed by atoms with Crippen LogP contribution in [0.2, 0.25) is 0 Å². The van der Waals surface area contributed by atoms with E-state index in [9.17, 15) is 12.8 Å². The minimum Gasteiger partial charge on any atom is -0.488 e. The van der Waals surface area contributed by atoms with Crippen molar-refractivity contribution in [2.75, 3.05) is 0 Å². The topological polar surface area (TPSA) is 82.3 Å². The summed E-state index contributed by atoms with van der Waals surface area (Å²) in [5, 5.41) is 4.92. The van der Waals surface area contributed by atoms with Gasteiger partial charge < -0.3 is 4.74 Å². The molecule has 5 nitrogen and oxygen atoms in total. The van der Waals surface area contributed by atoms with E-state index in [1.807, 2.05) is 0 Å². The number of hydrogen-bond acceptors (Lipinski definition) is 4. The highest BCUT2D eigenvalue weighted by Crippen LogP contribution is 2.30. The molecule has 2 N–H and O–H groups in total. The van der Waals surface area contributed by atoms with E-state index in [4.69, 9.17) is 9.88 Å². The van der Waals surface area contributed by atoms with Crippen LogP contribution in [0.1, 0.15) is 5.56 Å². The second-order valence-corrected chi connectivity index (χ2v) is 7.36. The summed E-state index contributed by atoms with van der Waals surface area (Å²) in [7, 11) is -4.12. The SMILES string of the molecule is NS(=O)(=O)c1cc(Br)c(OCc2cncc(Br)c2)cc1F. The molecule has 112 valence electrons. The van der Waals surface area contributed by atoms with E-state index >= 15 is 0 Å². The number of halogens is 3. The Morgan fingerprint density at radius 1 is 1.24 bits per heavy atom. The lowest BCUT2D eigenvalue weighted by Crippen LogP contribution is -2.14. The van der Waals surface area contributed by atoms with Gasteiger partial charge in [0.1, 0.15) is 23.1 Å². The van der Waals surface area contributed by atoms with Crippen LogP contribution in [0.15, 0.2) is 44.4 Å². The van der Waals surface area contributed by atoms with Crippen molar-refractivity contribution in [3.05, 3.63) is 50.9 Å². The fourth-order valence-electron chi connectivity index (χ4n) is 1.53. The van der Waals surface area contributed by atoms with Crippen LogP contribution in [0.25, 0.3) is 0 Å². The Morgan fingerprint density at radius 2 is 1.95 bits per heavy atom. The number of primary sulfonamides is 1. The van der Waals surface area contributed by atoms with Gasteiger partial charge in [0.2, 0.25) is 10.0 Å². The summed E-state index contributed by atoms with van der Waals surface area (Å²) in [4.78, 5) is 3.38. The highest BCUT2D eigenvalue weighted by Gasteiger charge is 2.18. The number of benzene rings is 1. The third kappa shape index (κ3) is 4.22. The van der Waals surface area contributed by atoms with Crippen LogP contribution in [0.3, 0.4) is 0 Å². The van der Waals surface area contributed by atoms with Gasteiger partial charge in [-0.15, -0.1) is 0 Å². The first-order valence-electron chi connectivity index (χ1n) is 5.51. The van der Waals surface area contributed by atoms with Gasteiger partial charge >= 0.3 is 0 Å². The van der Waals surface area contributed by atoms with E-state index in [-0.39, 0.29) is 16.8 Å². The van der Waals surface area contributed by atoms with Gasteiger partial charge in [-0.25, -0.2) is 17.9 Å². The van der Waals surface area contributed by atoms with E-state index in [0.29, 0.717) is 0 Å². The summed E-state index contributed by atoms with van der Waals surface area (Å²) in [6.07, 6.45) is 3.23. The summed E-state index contributed by atoms with van der Waals surface area (Å²) in [5.74, 6) is -0.803. The van der Waals surface area contributed by atoms with Gasteiger partial charge in [0.25, 0.3) is 0 Å². The summed E-state index contributed by atoms with van der Waals surface area (Å²) in [5.41, 5.74) is 0.771.